The number of thioether (sulfide) groups is 1. The Bertz CT molecular complexity index is 168. The summed E-state index contributed by atoms with van der Waals surface area (Å²) < 4.78 is 11.1. The molecular formula is C8H21O2PS3. The highest BCUT2D eigenvalue weighted by Crippen LogP contribution is 2.60. The number of hydrogen-bond donors (Lipinski definition) is 0. The van der Waals surface area contributed by atoms with Crippen LogP contribution in [0.4, 0.5) is 0 Å². The Morgan fingerprint density at radius 2 is 1.79 bits per heavy atom. The summed E-state index contributed by atoms with van der Waals surface area (Å²) >= 11 is 8.03. The van der Waals surface area contributed by atoms with Gasteiger partial charge in [0.15, 0.2) is 0 Å². The third kappa shape index (κ3) is 7.55. The van der Waals surface area contributed by atoms with E-state index in [1.165, 1.54) is 11.5 Å². The van der Waals surface area contributed by atoms with Crippen molar-refractivity contribution in [3.05, 3.63) is 0 Å². The molecule has 0 aromatic heterocycles. The van der Waals surface area contributed by atoms with Gasteiger partial charge in [-0.05, 0) is 37.2 Å². The van der Waals surface area contributed by atoms with Crippen molar-refractivity contribution in [2.45, 2.75) is 20.8 Å². The minimum absolute atomic E-state index is 0.660. The molecule has 0 saturated heterocycles. The van der Waals surface area contributed by atoms with Crippen molar-refractivity contribution in [2.24, 2.45) is 0 Å². The molecule has 0 rings (SSSR count). The fourth-order valence-electron chi connectivity index (χ4n) is 0.868. The van der Waals surface area contributed by atoms with Gasteiger partial charge in [-0.15, -0.1) is 0 Å². The van der Waals surface area contributed by atoms with Gasteiger partial charge in [-0.25, -0.2) is 0 Å². The number of rotatable bonds is 9. The lowest BCUT2D eigenvalue weighted by molar-refractivity contribution is 0.280. The van der Waals surface area contributed by atoms with Crippen LogP contribution in [0.15, 0.2) is 0 Å². The van der Waals surface area contributed by atoms with Gasteiger partial charge in [0, 0.05) is 5.75 Å². The van der Waals surface area contributed by atoms with E-state index in [1.54, 1.807) is 0 Å². The topological polar surface area (TPSA) is 18.5 Å². The molecule has 0 unspecified atom stereocenters. The van der Waals surface area contributed by atoms with Crippen molar-refractivity contribution in [3.8, 4) is 0 Å². The van der Waals surface area contributed by atoms with Gasteiger partial charge in [0.05, 0.1) is 13.2 Å². The van der Waals surface area contributed by atoms with E-state index < -0.39 is 5.69 Å². The summed E-state index contributed by atoms with van der Waals surface area (Å²) in [6.45, 7) is 7.47. The molecule has 0 aliphatic heterocycles. The second-order valence-electron chi connectivity index (χ2n) is 2.44. The maximum atomic E-state index is 5.56. The average Bonchev–Trinajstić information content (AvgIpc) is 2.13. The van der Waals surface area contributed by atoms with E-state index in [1.807, 2.05) is 25.6 Å². The van der Waals surface area contributed by atoms with Gasteiger partial charge in [-0.3, -0.25) is 0 Å². The molecule has 14 heavy (non-hydrogen) atoms. The first-order valence-electron chi connectivity index (χ1n) is 4.90. The quantitative estimate of drug-likeness (QED) is 0.475. The molecule has 0 N–H and O–H groups in total. The largest absolute Gasteiger partial charge is 0.323 e. The SMILES string of the molecule is CCOP(=S)(OCC)[SH2]CCSCC. The zero-order chi connectivity index (χ0) is 10.9. The minimum Gasteiger partial charge on any atom is -0.323 e. The standard InChI is InChI=1S/C8H21O2PS3/c1-4-9-11(12,10-5-2)14-8-7-13-6-3/h4-8,14H2,1-3H3. The van der Waals surface area contributed by atoms with Crippen molar-refractivity contribution < 1.29 is 9.05 Å². The van der Waals surface area contributed by atoms with E-state index >= 15 is 0 Å². The van der Waals surface area contributed by atoms with Crippen LogP contribution in [0.25, 0.3) is 0 Å². The van der Waals surface area contributed by atoms with Crippen molar-refractivity contribution in [1.82, 2.24) is 0 Å². The summed E-state index contributed by atoms with van der Waals surface area (Å²) in [5, 5.41) is 0. The Morgan fingerprint density at radius 3 is 2.21 bits per heavy atom. The molecule has 0 amide bonds. The Labute approximate surface area is 101 Å². The zero-order valence-corrected chi connectivity index (χ0v) is 12.6. The first-order chi connectivity index (χ1) is 6.68. The summed E-state index contributed by atoms with van der Waals surface area (Å²) in [6, 6.07) is 0. The van der Waals surface area contributed by atoms with Gasteiger partial charge < -0.3 is 9.05 Å². The summed E-state index contributed by atoms with van der Waals surface area (Å²) in [6.07, 6.45) is 0. The molecule has 0 radical (unpaired) electrons. The van der Waals surface area contributed by atoms with Crippen LogP contribution in [0.3, 0.4) is 0 Å². The molecule has 2 nitrogen and oxygen atoms in total. The number of hydrogen-bond acceptors (Lipinski definition) is 4. The summed E-state index contributed by atoms with van der Waals surface area (Å²) in [7, 11) is 0. The van der Waals surface area contributed by atoms with Gasteiger partial charge in [-0.1, -0.05) is 6.92 Å². The molecule has 0 bridgehead atoms. The lowest BCUT2D eigenvalue weighted by atomic mass is 10.9. The van der Waals surface area contributed by atoms with Crippen molar-refractivity contribution in [2.75, 3.05) is 30.5 Å². The Hall–Kier alpha value is 1.27. The summed E-state index contributed by atoms with van der Waals surface area (Å²) in [5.41, 5.74) is -1.91. The molecule has 0 fully saturated rings. The van der Waals surface area contributed by atoms with Crippen molar-refractivity contribution >= 4 is 40.6 Å². The second kappa shape index (κ2) is 9.49. The van der Waals surface area contributed by atoms with Crippen LogP contribution in [0.5, 0.6) is 0 Å². The van der Waals surface area contributed by atoms with Crippen molar-refractivity contribution in [1.29, 1.82) is 0 Å². The molecule has 0 aliphatic rings. The van der Waals surface area contributed by atoms with Gasteiger partial charge in [-0.2, -0.15) is 23.1 Å². The maximum absolute atomic E-state index is 5.56. The fraction of sp³-hybridized carbons (Fsp3) is 1.00. The van der Waals surface area contributed by atoms with Gasteiger partial charge in [0.25, 0.3) is 0 Å². The van der Waals surface area contributed by atoms with E-state index in [4.69, 9.17) is 20.9 Å². The van der Waals surface area contributed by atoms with E-state index in [0.717, 1.165) is 5.75 Å². The molecule has 0 heterocycles. The van der Waals surface area contributed by atoms with E-state index in [0.29, 0.717) is 24.6 Å². The Morgan fingerprint density at radius 1 is 1.21 bits per heavy atom. The molecule has 0 aliphatic carbocycles. The van der Waals surface area contributed by atoms with Gasteiger partial charge in [0.2, 0.25) is 5.69 Å². The van der Waals surface area contributed by atoms with Crippen LogP contribution in [0.1, 0.15) is 20.8 Å². The fourth-order valence-corrected chi connectivity index (χ4v) is 7.73. The van der Waals surface area contributed by atoms with Crippen LogP contribution < -0.4 is 0 Å². The normalized spacial score (nSPS) is 13.4. The van der Waals surface area contributed by atoms with Crippen LogP contribution in [0, 0.1) is 0 Å². The monoisotopic (exact) mass is 276 g/mol. The molecule has 0 atom stereocenters. The van der Waals surface area contributed by atoms with E-state index in [2.05, 4.69) is 6.92 Å². The lowest BCUT2D eigenvalue weighted by Gasteiger charge is -2.22. The van der Waals surface area contributed by atoms with Crippen molar-refractivity contribution in [3.63, 3.8) is 0 Å². The highest BCUT2D eigenvalue weighted by Gasteiger charge is 2.14. The van der Waals surface area contributed by atoms with E-state index in [-0.39, 0.29) is 0 Å². The predicted molar refractivity (Wildman–Crippen MR) is 75.8 cm³/mol. The molecular weight excluding hydrogens is 255 g/mol. The molecule has 88 valence electrons. The second-order valence-corrected chi connectivity index (χ2v) is 11.3. The smallest absolute Gasteiger partial charge is 0.224 e. The highest BCUT2D eigenvalue weighted by molar-refractivity contribution is 8.68. The first-order valence-corrected chi connectivity index (χ1v) is 10.7. The molecule has 0 spiro atoms. The Balaban J connectivity index is 3.78. The third-order valence-electron chi connectivity index (χ3n) is 1.35. The van der Waals surface area contributed by atoms with Gasteiger partial charge in [0.1, 0.15) is 0 Å². The van der Waals surface area contributed by atoms with E-state index in [9.17, 15) is 0 Å². The van der Waals surface area contributed by atoms with Crippen LogP contribution in [0.2, 0.25) is 0 Å². The lowest BCUT2D eigenvalue weighted by Crippen LogP contribution is -1.94. The van der Waals surface area contributed by atoms with Crippen LogP contribution in [-0.4, -0.2) is 30.5 Å². The average molecular weight is 276 g/mol. The van der Waals surface area contributed by atoms with Gasteiger partial charge >= 0.3 is 0 Å². The zero-order valence-electron chi connectivity index (χ0n) is 9.12. The minimum atomic E-state index is -1.91. The summed E-state index contributed by atoms with van der Waals surface area (Å²) in [5.74, 6) is 3.49. The molecule has 0 aromatic rings. The highest BCUT2D eigenvalue weighted by atomic mass is 32.9. The molecule has 0 saturated carbocycles. The third-order valence-corrected chi connectivity index (χ3v) is 9.08. The summed E-state index contributed by atoms with van der Waals surface area (Å²) in [4.78, 5) is 0. The van der Waals surface area contributed by atoms with Crippen LogP contribution in [-0.2, 0) is 20.9 Å². The first kappa shape index (κ1) is 15.3. The molecule has 0 aromatic carbocycles. The Kier molecular flexibility index (Phi) is 10.4. The molecule has 6 heteroatoms. The van der Waals surface area contributed by atoms with Crippen LogP contribution >= 0.6 is 28.8 Å². The maximum Gasteiger partial charge on any atom is 0.224 e. The predicted octanol–water partition coefficient (Wildman–Crippen LogP) is 3.23.